The Bertz CT molecular complexity index is 528. The number of alkyl halides is 3. The first-order valence-electron chi connectivity index (χ1n) is 4.99. The van der Waals surface area contributed by atoms with Crippen molar-refractivity contribution >= 4 is 27.6 Å². The van der Waals surface area contributed by atoms with Crippen LogP contribution in [-0.4, -0.2) is 17.9 Å². The third kappa shape index (κ3) is 2.40. The summed E-state index contributed by atoms with van der Waals surface area (Å²) >= 11 is 3.18. The Balaban J connectivity index is 2.25. The van der Waals surface area contributed by atoms with Crippen molar-refractivity contribution < 1.29 is 22.8 Å². The minimum absolute atomic E-state index is 0.145. The summed E-state index contributed by atoms with van der Waals surface area (Å²) in [6.07, 6.45) is -5.09. The fourth-order valence-corrected chi connectivity index (χ4v) is 2.21. The number of hydrogen-bond donors (Lipinski definition) is 1. The van der Waals surface area contributed by atoms with Gasteiger partial charge in [-0.15, -0.1) is 0 Å². The quantitative estimate of drug-likeness (QED) is 0.864. The van der Waals surface area contributed by atoms with E-state index in [0.29, 0.717) is 15.6 Å². The van der Waals surface area contributed by atoms with Crippen molar-refractivity contribution in [2.75, 3.05) is 0 Å². The number of amides is 1. The van der Waals surface area contributed by atoms with Crippen LogP contribution >= 0.6 is 15.9 Å². The number of ketones is 1. The highest BCUT2D eigenvalue weighted by atomic mass is 79.9. The van der Waals surface area contributed by atoms with Crippen LogP contribution in [0.2, 0.25) is 0 Å². The lowest BCUT2D eigenvalue weighted by Crippen LogP contribution is -2.38. The SMILES string of the molecule is O=C1C[C@H](NC(=O)C(F)(F)F)c2ccc(Br)cc21. The predicted molar refractivity (Wildman–Crippen MR) is 60.0 cm³/mol. The van der Waals surface area contributed by atoms with Crippen molar-refractivity contribution in [1.29, 1.82) is 0 Å². The largest absolute Gasteiger partial charge is 0.471 e. The average Bonchev–Trinajstić information content (AvgIpc) is 2.54. The fourth-order valence-electron chi connectivity index (χ4n) is 1.85. The van der Waals surface area contributed by atoms with Crippen molar-refractivity contribution in [2.45, 2.75) is 18.6 Å². The van der Waals surface area contributed by atoms with Gasteiger partial charge in [-0.3, -0.25) is 9.59 Å². The molecule has 0 radical (unpaired) electrons. The Morgan fingerprint density at radius 3 is 2.67 bits per heavy atom. The standard InChI is InChI=1S/C11H7BrF3NO2/c12-5-1-2-6-7(3-5)9(17)4-8(6)16-10(18)11(13,14)15/h1-3,8H,4H2,(H,16,18)/t8-/m0/s1. The van der Waals surface area contributed by atoms with Crippen LogP contribution in [0.25, 0.3) is 0 Å². The molecule has 1 N–H and O–H groups in total. The zero-order chi connectivity index (χ0) is 13.5. The highest BCUT2D eigenvalue weighted by Gasteiger charge is 2.41. The Morgan fingerprint density at radius 2 is 2.06 bits per heavy atom. The van der Waals surface area contributed by atoms with Gasteiger partial charge in [-0.05, 0) is 17.7 Å². The molecule has 0 fully saturated rings. The van der Waals surface area contributed by atoms with Gasteiger partial charge in [-0.2, -0.15) is 13.2 Å². The lowest BCUT2D eigenvalue weighted by Gasteiger charge is -2.14. The van der Waals surface area contributed by atoms with E-state index >= 15 is 0 Å². The molecule has 0 bridgehead atoms. The summed E-state index contributed by atoms with van der Waals surface area (Å²) in [5, 5.41) is 1.82. The molecule has 1 atom stereocenters. The Hall–Kier alpha value is -1.37. The third-order valence-electron chi connectivity index (χ3n) is 2.64. The van der Waals surface area contributed by atoms with Crippen LogP contribution in [-0.2, 0) is 4.79 Å². The number of rotatable bonds is 1. The molecule has 96 valence electrons. The van der Waals surface area contributed by atoms with Crippen LogP contribution < -0.4 is 5.32 Å². The van der Waals surface area contributed by atoms with Gasteiger partial charge < -0.3 is 5.32 Å². The molecule has 0 heterocycles. The van der Waals surface area contributed by atoms with Crippen LogP contribution in [0, 0.1) is 0 Å². The second-order valence-corrected chi connectivity index (χ2v) is 4.80. The first-order chi connectivity index (χ1) is 8.29. The van der Waals surface area contributed by atoms with Gasteiger partial charge in [0.1, 0.15) is 0 Å². The fraction of sp³-hybridized carbons (Fsp3) is 0.273. The number of halogens is 4. The molecule has 1 aliphatic carbocycles. The number of benzene rings is 1. The highest BCUT2D eigenvalue weighted by molar-refractivity contribution is 9.10. The van der Waals surface area contributed by atoms with Crippen LogP contribution in [0.3, 0.4) is 0 Å². The van der Waals surface area contributed by atoms with Crippen molar-refractivity contribution in [3.63, 3.8) is 0 Å². The van der Waals surface area contributed by atoms with Gasteiger partial charge in [0.05, 0.1) is 6.04 Å². The first kappa shape index (κ1) is 13.1. The molecule has 0 aliphatic heterocycles. The lowest BCUT2D eigenvalue weighted by molar-refractivity contribution is -0.174. The van der Waals surface area contributed by atoms with Crippen molar-refractivity contribution in [1.82, 2.24) is 5.32 Å². The van der Waals surface area contributed by atoms with Crippen molar-refractivity contribution in [2.24, 2.45) is 0 Å². The molecule has 0 saturated carbocycles. The molecule has 2 rings (SSSR count). The lowest BCUT2D eigenvalue weighted by atomic mass is 10.1. The maximum Gasteiger partial charge on any atom is 0.471 e. The molecule has 1 amide bonds. The van der Waals surface area contributed by atoms with E-state index in [1.165, 1.54) is 12.1 Å². The van der Waals surface area contributed by atoms with E-state index in [4.69, 9.17) is 0 Å². The molecule has 3 nitrogen and oxygen atoms in total. The molecule has 0 saturated heterocycles. The molecule has 1 aliphatic rings. The number of hydrogen-bond acceptors (Lipinski definition) is 2. The molecule has 18 heavy (non-hydrogen) atoms. The summed E-state index contributed by atoms with van der Waals surface area (Å²) in [5.74, 6) is -2.31. The number of fused-ring (bicyclic) bond motifs is 1. The van der Waals surface area contributed by atoms with E-state index in [9.17, 15) is 22.8 Å². The minimum atomic E-state index is -4.94. The predicted octanol–water partition coefficient (Wildman–Crippen LogP) is 2.76. The summed E-state index contributed by atoms with van der Waals surface area (Å²) in [6, 6.07) is 3.78. The molecule has 1 aromatic rings. The molecular weight excluding hydrogens is 315 g/mol. The number of carbonyl (C=O) groups is 2. The normalized spacial score (nSPS) is 18.7. The molecule has 0 aromatic heterocycles. The Labute approximate surface area is 108 Å². The van der Waals surface area contributed by atoms with E-state index in [0.717, 1.165) is 0 Å². The minimum Gasteiger partial charge on any atom is -0.341 e. The third-order valence-corrected chi connectivity index (χ3v) is 3.14. The van der Waals surface area contributed by atoms with E-state index < -0.39 is 18.1 Å². The summed E-state index contributed by atoms with van der Waals surface area (Å²) < 4.78 is 37.1. The van der Waals surface area contributed by atoms with E-state index in [2.05, 4.69) is 15.9 Å². The van der Waals surface area contributed by atoms with Crippen LogP contribution in [0.5, 0.6) is 0 Å². The topological polar surface area (TPSA) is 46.2 Å². The molecule has 0 spiro atoms. The van der Waals surface area contributed by atoms with Gasteiger partial charge in [0.25, 0.3) is 0 Å². The second-order valence-electron chi connectivity index (χ2n) is 3.88. The summed E-state index contributed by atoms with van der Waals surface area (Å²) in [5.41, 5.74) is 0.762. The summed E-state index contributed by atoms with van der Waals surface area (Å²) in [7, 11) is 0. The monoisotopic (exact) mass is 321 g/mol. The Morgan fingerprint density at radius 1 is 1.39 bits per heavy atom. The first-order valence-corrected chi connectivity index (χ1v) is 5.78. The molecule has 0 unspecified atom stereocenters. The van der Waals surface area contributed by atoms with E-state index in [1.54, 1.807) is 6.07 Å². The van der Waals surface area contributed by atoms with Gasteiger partial charge in [-0.1, -0.05) is 22.0 Å². The highest BCUT2D eigenvalue weighted by Crippen LogP contribution is 2.33. The van der Waals surface area contributed by atoms with Gasteiger partial charge in [0.15, 0.2) is 5.78 Å². The van der Waals surface area contributed by atoms with Crippen molar-refractivity contribution in [3.05, 3.63) is 33.8 Å². The molecule has 1 aromatic carbocycles. The van der Waals surface area contributed by atoms with Crippen LogP contribution in [0.4, 0.5) is 13.2 Å². The van der Waals surface area contributed by atoms with E-state index in [1.807, 2.05) is 5.32 Å². The summed E-state index contributed by atoms with van der Waals surface area (Å²) in [6.45, 7) is 0. The zero-order valence-electron chi connectivity index (χ0n) is 8.84. The number of Topliss-reactive ketones (excluding diaryl/α,β-unsaturated/α-hetero) is 1. The molecular formula is C11H7BrF3NO2. The number of nitrogens with one attached hydrogen (secondary N) is 1. The Kier molecular flexibility index (Phi) is 3.18. The smallest absolute Gasteiger partial charge is 0.341 e. The molecule has 7 heteroatoms. The summed E-state index contributed by atoms with van der Waals surface area (Å²) in [4.78, 5) is 22.5. The van der Waals surface area contributed by atoms with Crippen molar-refractivity contribution in [3.8, 4) is 0 Å². The number of carbonyl (C=O) groups excluding carboxylic acids is 2. The average molecular weight is 322 g/mol. The van der Waals surface area contributed by atoms with Crippen LogP contribution in [0.15, 0.2) is 22.7 Å². The maximum atomic E-state index is 12.1. The maximum absolute atomic E-state index is 12.1. The zero-order valence-corrected chi connectivity index (χ0v) is 10.4. The second kappa shape index (κ2) is 4.38. The van der Waals surface area contributed by atoms with Gasteiger partial charge in [0.2, 0.25) is 0 Å². The van der Waals surface area contributed by atoms with Gasteiger partial charge >= 0.3 is 12.1 Å². The van der Waals surface area contributed by atoms with Gasteiger partial charge in [0, 0.05) is 16.5 Å². The van der Waals surface area contributed by atoms with E-state index in [-0.39, 0.29) is 12.2 Å². The van der Waals surface area contributed by atoms with Gasteiger partial charge in [-0.25, -0.2) is 0 Å². The van der Waals surface area contributed by atoms with Crippen LogP contribution in [0.1, 0.15) is 28.4 Å².